The lowest BCUT2D eigenvalue weighted by Gasteiger charge is -2.03. The van der Waals surface area contributed by atoms with E-state index in [9.17, 15) is 0 Å². The number of hydrogen-bond acceptors (Lipinski definition) is 4. The average molecular weight is 371 g/mol. The van der Waals surface area contributed by atoms with E-state index < -0.39 is 0 Å². The number of rotatable bonds is 3. The van der Waals surface area contributed by atoms with E-state index >= 15 is 0 Å². The zero-order chi connectivity index (χ0) is 16.5. The lowest BCUT2D eigenvalue weighted by molar-refractivity contribution is 1.03. The standard InChI is InChI=1S/C8H10ClNS.C8H6ClNS/c2*1-11-8-4-7(9)3-2-6(8)5-10/h2-4H,5,10H2,1H3;2-4H,1H3. The highest BCUT2D eigenvalue weighted by molar-refractivity contribution is 7.98. The maximum Gasteiger partial charge on any atom is 0.100 e. The highest BCUT2D eigenvalue weighted by Crippen LogP contribution is 2.24. The van der Waals surface area contributed by atoms with E-state index in [2.05, 4.69) is 6.07 Å². The lowest BCUT2D eigenvalue weighted by atomic mass is 10.2. The molecule has 2 rings (SSSR count). The summed E-state index contributed by atoms with van der Waals surface area (Å²) in [6.45, 7) is 0.577. The van der Waals surface area contributed by atoms with Crippen molar-refractivity contribution in [2.75, 3.05) is 12.5 Å². The smallest absolute Gasteiger partial charge is 0.100 e. The summed E-state index contributed by atoms with van der Waals surface area (Å²) in [5.74, 6) is 0. The zero-order valence-corrected chi connectivity index (χ0v) is 15.4. The van der Waals surface area contributed by atoms with Gasteiger partial charge in [-0.05, 0) is 48.4 Å². The fourth-order valence-electron chi connectivity index (χ4n) is 1.64. The Morgan fingerprint density at radius 3 is 2.05 bits per heavy atom. The summed E-state index contributed by atoms with van der Waals surface area (Å²) in [6.07, 6.45) is 3.94. The first kappa shape index (κ1) is 19.2. The van der Waals surface area contributed by atoms with Gasteiger partial charge in [-0.25, -0.2) is 0 Å². The molecular formula is C16H16Cl2N2S2. The largest absolute Gasteiger partial charge is 0.326 e. The maximum atomic E-state index is 8.63. The van der Waals surface area contributed by atoms with Crippen molar-refractivity contribution in [1.82, 2.24) is 0 Å². The van der Waals surface area contributed by atoms with E-state index in [0.29, 0.717) is 17.1 Å². The van der Waals surface area contributed by atoms with Crippen LogP contribution in [0.5, 0.6) is 0 Å². The summed E-state index contributed by atoms with van der Waals surface area (Å²) in [5, 5.41) is 10.1. The molecule has 2 aromatic rings. The van der Waals surface area contributed by atoms with Crippen LogP contribution in [-0.2, 0) is 6.54 Å². The van der Waals surface area contributed by atoms with Gasteiger partial charge in [0.2, 0.25) is 0 Å². The molecule has 0 aromatic heterocycles. The van der Waals surface area contributed by atoms with Gasteiger partial charge in [-0.15, -0.1) is 23.5 Å². The molecule has 0 unspecified atom stereocenters. The van der Waals surface area contributed by atoms with E-state index in [1.807, 2.05) is 30.7 Å². The molecule has 0 saturated carbocycles. The number of nitrogens with two attached hydrogens (primary N) is 1. The van der Waals surface area contributed by atoms with Crippen molar-refractivity contribution >= 4 is 46.7 Å². The summed E-state index contributed by atoms with van der Waals surface area (Å²) in [4.78, 5) is 2.10. The molecule has 0 amide bonds. The van der Waals surface area contributed by atoms with Crippen molar-refractivity contribution in [2.24, 2.45) is 5.73 Å². The van der Waals surface area contributed by atoms with Crippen molar-refractivity contribution in [3.63, 3.8) is 0 Å². The van der Waals surface area contributed by atoms with E-state index in [-0.39, 0.29) is 0 Å². The van der Waals surface area contributed by atoms with Crippen LogP contribution in [0.15, 0.2) is 46.2 Å². The molecule has 0 bridgehead atoms. The van der Waals surface area contributed by atoms with Crippen molar-refractivity contribution < 1.29 is 0 Å². The topological polar surface area (TPSA) is 49.8 Å². The summed E-state index contributed by atoms with van der Waals surface area (Å²) in [7, 11) is 0. The molecule has 0 saturated heterocycles. The minimum absolute atomic E-state index is 0.577. The Bertz CT molecular complexity index is 670. The van der Waals surface area contributed by atoms with Crippen LogP contribution < -0.4 is 5.73 Å². The molecule has 0 aliphatic carbocycles. The molecule has 116 valence electrons. The molecule has 0 aliphatic rings. The van der Waals surface area contributed by atoms with Crippen LogP contribution in [0.4, 0.5) is 0 Å². The highest BCUT2D eigenvalue weighted by Gasteiger charge is 2.00. The second-order valence-corrected chi connectivity index (χ2v) is 6.69. The highest BCUT2D eigenvalue weighted by atomic mass is 35.5. The van der Waals surface area contributed by atoms with E-state index in [1.54, 1.807) is 30.0 Å². The minimum Gasteiger partial charge on any atom is -0.326 e. The summed E-state index contributed by atoms with van der Waals surface area (Å²) >= 11 is 14.7. The molecule has 0 radical (unpaired) electrons. The third-order valence-electron chi connectivity index (χ3n) is 2.75. The molecular weight excluding hydrogens is 355 g/mol. The van der Waals surface area contributed by atoms with Gasteiger partial charge < -0.3 is 5.73 Å². The third-order valence-corrected chi connectivity index (χ3v) is 4.82. The molecule has 2 aromatic carbocycles. The van der Waals surface area contributed by atoms with Gasteiger partial charge in [0.05, 0.1) is 5.56 Å². The number of hydrogen-bond donors (Lipinski definition) is 1. The van der Waals surface area contributed by atoms with Gasteiger partial charge in [-0.1, -0.05) is 29.3 Å². The molecule has 0 heterocycles. The van der Waals surface area contributed by atoms with Crippen LogP contribution in [0.2, 0.25) is 10.0 Å². The monoisotopic (exact) mass is 370 g/mol. The number of halogens is 2. The fraction of sp³-hybridized carbons (Fsp3) is 0.188. The molecule has 2 N–H and O–H groups in total. The van der Waals surface area contributed by atoms with Gasteiger partial charge in [0.15, 0.2) is 0 Å². The second-order valence-electron chi connectivity index (χ2n) is 4.12. The first-order valence-corrected chi connectivity index (χ1v) is 9.52. The van der Waals surface area contributed by atoms with E-state index in [4.69, 9.17) is 34.2 Å². The van der Waals surface area contributed by atoms with Gasteiger partial charge in [-0.2, -0.15) is 5.26 Å². The SMILES string of the molecule is CSc1cc(Cl)ccc1C#N.CSc1cc(Cl)ccc1CN. The van der Waals surface area contributed by atoms with Crippen molar-refractivity contribution in [2.45, 2.75) is 16.3 Å². The zero-order valence-electron chi connectivity index (χ0n) is 12.3. The van der Waals surface area contributed by atoms with Gasteiger partial charge in [-0.3, -0.25) is 0 Å². The summed E-state index contributed by atoms with van der Waals surface area (Å²) < 4.78 is 0. The first-order chi connectivity index (χ1) is 10.5. The molecule has 0 atom stereocenters. The Hall–Kier alpha value is -0.830. The molecule has 0 fully saturated rings. The number of nitrogens with zero attached hydrogens (tertiary/aromatic N) is 1. The lowest BCUT2D eigenvalue weighted by Crippen LogP contribution is -1.97. The Morgan fingerprint density at radius 2 is 1.55 bits per heavy atom. The molecule has 0 spiro atoms. The third kappa shape index (κ3) is 5.75. The van der Waals surface area contributed by atoms with Gasteiger partial charge in [0, 0.05) is 26.4 Å². The molecule has 22 heavy (non-hydrogen) atoms. The summed E-state index contributed by atoms with van der Waals surface area (Å²) in [5.41, 5.74) is 7.36. The van der Waals surface area contributed by atoms with Gasteiger partial charge in [0.1, 0.15) is 6.07 Å². The quantitative estimate of drug-likeness (QED) is 0.729. The Morgan fingerprint density at radius 1 is 1.00 bits per heavy atom. The minimum atomic E-state index is 0.577. The first-order valence-electron chi connectivity index (χ1n) is 6.31. The Labute approximate surface area is 150 Å². The van der Waals surface area contributed by atoms with Crippen LogP contribution in [0, 0.1) is 11.3 Å². The van der Waals surface area contributed by atoms with Crippen molar-refractivity contribution in [1.29, 1.82) is 5.26 Å². The van der Waals surface area contributed by atoms with Crippen LogP contribution in [0.25, 0.3) is 0 Å². The van der Waals surface area contributed by atoms with E-state index in [0.717, 1.165) is 15.5 Å². The average Bonchev–Trinajstić information content (AvgIpc) is 2.55. The van der Waals surface area contributed by atoms with Crippen molar-refractivity contribution in [3.05, 3.63) is 57.6 Å². The van der Waals surface area contributed by atoms with Crippen LogP contribution in [0.1, 0.15) is 11.1 Å². The number of benzene rings is 2. The molecule has 2 nitrogen and oxygen atoms in total. The molecule has 0 aliphatic heterocycles. The predicted molar refractivity (Wildman–Crippen MR) is 99.1 cm³/mol. The summed E-state index contributed by atoms with van der Waals surface area (Å²) in [6, 6.07) is 13.1. The maximum absolute atomic E-state index is 8.63. The molecule has 6 heteroatoms. The number of thioether (sulfide) groups is 2. The Balaban J connectivity index is 0.000000220. The van der Waals surface area contributed by atoms with Crippen LogP contribution in [-0.4, -0.2) is 12.5 Å². The second kappa shape index (κ2) is 10.0. The van der Waals surface area contributed by atoms with Crippen LogP contribution in [0.3, 0.4) is 0 Å². The van der Waals surface area contributed by atoms with Crippen molar-refractivity contribution in [3.8, 4) is 6.07 Å². The van der Waals surface area contributed by atoms with Crippen LogP contribution >= 0.6 is 46.7 Å². The normalized spacial score (nSPS) is 9.64. The Kier molecular flexibility index (Phi) is 8.77. The van der Waals surface area contributed by atoms with Gasteiger partial charge >= 0.3 is 0 Å². The van der Waals surface area contributed by atoms with Gasteiger partial charge in [0.25, 0.3) is 0 Å². The fourth-order valence-corrected chi connectivity index (χ4v) is 3.35. The van der Waals surface area contributed by atoms with E-state index in [1.165, 1.54) is 16.7 Å². The predicted octanol–water partition coefficient (Wildman–Crippen LogP) is 5.45. The number of nitriles is 1.